The maximum atomic E-state index is 12.2. The van der Waals surface area contributed by atoms with Crippen LogP contribution in [-0.4, -0.2) is 66.4 Å². The fraction of sp³-hybridized carbons (Fsp3) is 0.714. The van der Waals surface area contributed by atoms with Gasteiger partial charge in [-0.2, -0.15) is 5.10 Å². The van der Waals surface area contributed by atoms with Gasteiger partial charge < -0.3 is 15.1 Å². The highest BCUT2D eigenvalue weighted by molar-refractivity contribution is 9.10. The van der Waals surface area contributed by atoms with Gasteiger partial charge in [0, 0.05) is 19.6 Å². The number of anilines is 1. The van der Waals surface area contributed by atoms with Crippen molar-refractivity contribution >= 4 is 21.6 Å². The Morgan fingerprint density at radius 1 is 1.33 bits per heavy atom. The Bertz CT molecular complexity index is 511. The van der Waals surface area contributed by atoms with Crippen molar-refractivity contribution in [2.75, 3.05) is 52.1 Å². The van der Waals surface area contributed by atoms with Crippen molar-refractivity contribution in [3.8, 4) is 0 Å². The average Bonchev–Trinajstić information content (AvgIpc) is 2.95. The molecule has 1 aromatic heterocycles. The second kappa shape index (κ2) is 7.91. The molecule has 0 unspecified atom stereocenters. The predicted molar refractivity (Wildman–Crippen MR) is 88.9 cm³/mol. The van der Waals surface area contributed by atoms with E-state index < -0.39 is 0 Å². The second-order valence-electron chi connectivity index (χ2n) is 5.68. The predicted octanol–water partition coefficient (Wildman–Crippen LogP) is 1.08. The van der Waals surface area contributed by atoms with E-state index in [4.69, 9.17) is 0 Å². The Morgan fingerprint density at radius 2 is 2.05 bits per heavy atom. The molecule has 7 heteroatoms. The molecule has 0 spiro atoms. The van der Waals surface area contributed by atoms with Crippen molar-refractivity contribution in [2.45, 2.75) is 19.4 Å². The normalized spacial score (nSPS) is 15.8. The summed E-state index contributed by atoms with van der Waals surface area (Å²) >= 11 is 3.39. The molecule has 1 fully saturated rings. The molecule has 6 nitrogen and oxygen atoms in total. The van der Waals surface area contributed by atoms with Gasteiger partial charge in [-0.05, 0) is 56.0 Å². The van der Waals surface area contributed by atoms with Crippen molar-refractivity contribution in [3.05, 3.63) is 21.0 Å². The lowest BCUT2D eigenvalue weighted by molar-refractivity contribution is 0.352. The van der Waals surface area contributed by atoms with E-state index in [1.807, 2.05) is 19.0 Å². The van der Waals surface area contributed by atoms with Gasteiger partial charge in [-0.15, -0.1) is 0 Å². The fourth-order valence-corrected chi connectivity index (χ4v) is 2.84. The van der Waals surface area contributed by atoms with E-state index >= 15 is 0 Å². The van der Waals surface area contributed by atoms with Crippen LogP contribution >= 0.6 is 15.9 Å². The van der Waals surface area contributed by atoms with Crippen LogP contribution in [0, 0.1) is 0 Å². The molecule has 0 aliphatic carbocycles. The highest BCUT2D eigenvalue weighted by atomic mass is 79.9. The minimum Gasteiger partial charge on any atom is -0.381 e. The van der Waals surface area contributed by atoms with Crippen molar-refractivity contribution in [3.63, 3.8) is 0 Å². The monoisotopic (exact) mass is 357 g/mol. The van der Waals surface area contributed by atoms with Crippen LogP contribution < -0.4 is 10.9 Å². The maximum absolute atomic E-state index is 12.2. The quantitative estimate of drug-likeness (QED) is 0.791. The summed E-state index contributed by atoms with van der Waals surface area (Å²) in [5.74, 6) is 0. The first-order valence-electron chi connectivity index (χ1n) is 7.44. The van der Waals surface area contributed by atoms with Crippen LogP contribution in [0.3, 0.4) is 0 Å². The van der Waals surface area contributed by atoms with Crippen LogP contribution in [0.4, 0.5) is 5.69 Å². The first kappa shape index (κ1) is 16.5. The lowest BCUT2D eigenvalue weighted by Crippen LogP contribution is -2.30. The fourth-order valence-electron chi connectivity index (χ4n) is 2.40. The molecule has 1 aromatic rings. The van der Waals surface area contributed by atoms with Gasteiger partial charge in [0.15, 0.2) is 0 Å². The third kappa shape index (κ3) is 4.79. The topological polar surface area (TPSA) is 53.4 Å². The minimum atomic E-state index is -0.0805. The van der Waals surface area contributed by atoms with Crippen molar-refractivity contribution in [1.29, 1.82) is 0 Å². The number of likely N-dealkylation sites (N-methyl/N-ethyl adjacent to an activating group) is 1. The standard InChI is InChI=1S/C14H24BrN5O/c1-18(2)9-10-20-14(21)13(15)12(11-17-20)16-5-8-19-6-3-4-7-19/h11,16H,3-10H2,1-2H3. The smallest absolute Gasteiger partial charge is 0.283 e. The number of rotatable bonds is 7. The Labute approximate surface area is 134 Å². The van der Waals surface area contributed by atoms with Gasteiger partial charge in [0.2, 0.25) is 0 Å². The zero-order chi connectivity index (χ0) is 15.2. The van der Waals surface area contributed by atoms with Crippen LogP contribution in [0.2, 0.25) is 0 Å². The number of nitrogens with zero attached hydrogens (tertiary/aromatic N) is 4. The third-order valence-corrected chi connectivity index (χ3v) is 4.45. The maximum Gasteiger partial charge on any atom is 0.283 e. The zero-order valence-corrected chi connectivity index (χ0v) is 14.4. The molecule has 1 aliphatic heterocycles. The highest BCUT2D eigenvalue weighted by Gasteiger charge is 2.12. The van der Waals surface area contributed by atoms with Gasteiger partial charge in [-0.1, -0.05) is 0 Å². The minimum absolute atomic E-state index is 0.0805. The molecule has 1 aliphatic rings. The molecule has 2 heterocycles. The average molecular weight is 358 g/mol. The van der Waals surface area contributed by atoms with Gasteiger partial charge in [-0.25, -0.2) is 4.68 Å². The van der Waals surface area contributed by atoms with Gasteiger partial charge in [0.25, 0.3) is 5.56 Å². The second-order valence-corrected chi connectivity index (χ2v) is 6.47. The summed E-state index contributed by atoms with van der Waals surface area (Å²) in [5.41, 5.74) is 0.698. The third-order valence-electron chi connectivity index (χ3n) is 3.69. The largest absolute Gasteiger partial charge is 0.381 e. The van der Waals surface area contributed by atoms with Crippen LogP contribution in [0.25, 0.3) is 0 Å². The van der Waals surface area contributed by atoms with E-state index in [-0.39, 0.29) is 5.56 Å². The van der Waals surface area contributed by atoms with Crippen molar-refractivity contribution in [1.82, 2.24) is 19.6 Å². The molecule has 0 radical (unpaired) electrons. The van der Waals surface area contributed by atoms with E-state index in [1.165, 1.54) is 30.6 Å². The number of likely N-dealkylation sites (tertiary alicyclic amines) is 1. The van der Waals surface area contributed by atoms with Gasteiger partial charge >= 0.3 is 0 Å². The Morgan fingerprint density at radius 3 is 2.71 bits per heavy atom. The lowest BCUT2D eigenvalue weighted by Gasteiger charge is -2.16. The number of nitrogens with one attached hydrogen (secondary N) is 1. The van der Waals surface area contributed by atoms with Gasteiger partial charge in [-0.3, -0.25) is 4.79 Å². The van der Waals surface area contributed by atoms with Crippen LogP contribution in [0.1, 0.15) is 12.8 Å². The summed E-state index contributed by atoms with van der Waals surface area (Å²) in [5, 5.41) is 7.53. The van der Waals surface area contributed by atoms with E-state index in [1.54, 1.807) is 6.20 Å². The molecule has 1 N–H and O–H groups in total. The first-order valence-corrected chi connectivity index (χ1v) is 8.24. The van der Waals surface area contributed by atoms with Gasteiger partial charge in [0.05, 0.1) is 18.4 Å². The number of aromatic nitrogens is 2. The summed E-state index contributed by atoms with van der Waals surface area (Å²) in [7, 11) is 3.96. The molecule has 2 rings (SSSR count). The summed E-state index contributed by atoms with van der Waals surface area (Å²) in [6.07, 6.45) is 4.32. The van der Waals surface area contributed by atoms with E-state index in [0.717, 1.165) is 25.3 Å². The molecule has 0 aromatic carbocycles. The number of halogens is 1. The van der Waals surface area contributed by atoms with E-state index in [2.05, 4.69) is 31.2 Å². The molecule has 1 saturated heterocycles. The summed E-state index contributed by atoms with van der Waals surface area (Å²) in [6, 6.07) is 0. The number of hydrogen-bond acceptors (Lipinski definition) is 5. The van der Waals surface area contributed by atoms with Crippen LogP contribution in [-0.2, 0) is 6.54 Å². The van der Waals surface area contributed by atoms with Crippen LogP contribution in [0.5, 0.6) is 0 Å². The van der Waals surface area contributed by atoms with E-state index in [0.29, 0.717) is 11.0 Å². The molecule has 0 saturated carbocycles. The Kier molecular flexibility index (Phi) is 6.20. The van der Waals surface area contributed by atoms with Crippen LogP contribution in [0.15, 0.2) is 15.5 Å². The summed E-state index contributed by atoms with van der Waals surface area (Å²) in [4.78, 5) is 16.7. The first-order chi connectivity index (χ1) is 10.1. The summed E-state index contributed by atoms with van der Waals surface area (Å²) < 4.78 is 2.06. The molecule has 21 heavy (non-hydrogen) atoms. The Balaban J connectivity index is 1.91. The van der Waals surface area contributed by atoms with Crippen molar-refractivity contribution < 1.29 is 0 Å². The molecule has 0 atom stereocenters. The molecular weight excluding hydrogens is 334 g/mol. The molecule has 0 amide bonds. The SMILES string of the molecule is CN(C)CCn1ncc(NCCN2CCCC2)c(Br)c1=O. The zero-order valence-electron chi connectivity index (χ0n) is 12.8. The lowest BCUT2D eigenvalue weighted by atomic mass is 10.4. The van der Waals surface area contributed by atoms with Gasteiger partial charge in [0.1, 0.15) is 4.47 Å². The molecule has 0 bridgehead atoms. The molecular formula is C14H24BrN5O. The van der Waals surface area contributed by atoms with Crippen molar-refractivity contribution in [2.24, 2.45) is 0 Å². The Hall–Kier alpha value is -0.920. The highest BCUT2D eigenvalue weighted by Crippen LogP contribution is 2.16. The number of hydrogen-bond donors (Lipinski definition) is 1. The molecule has 118 valence electrons. The summed E-state index contributed by atoms with van der Waals surface area (Å²) in [6.45, 7) is 5.61. The van der Waals surface area contributed by atoms with E-state index in [9.17, 15) is 4.79 Å².